The second-order valence-electron chi connectivity index (χ2n) is 5.55. The summed E-state index contributed by atoms with van der Waals surface area (Å²) in [5.41, 5.74) is 1.57. The van der Waals surface area contributed by atoms with E-state index in [0.29, 0.717) is 16.7 Å². The minimum atomic E-state index is -0.650. The number of carbonyl (C=O) groups excluding carboxylic acids is 1. The number of benzene rings is 2. The van der Waals surface area contributed by atoms with Crippen molar-refractivity contribution in [3.8, 4) is 11.3 Å². The van der Waals surface area contributed by atoms with Crippen molar-refractivity contribution in [1.82, 2.24) is 0 Å². The van der Waals surface area contributed by atoms with Crippen molar-refractivity contribution in [2.45, 2.75) is 6.92 Å². The van der Waals surface area contributed by atoms with Crippen LogP contribution in [0, 0.1) is 0 Å². The molecule has 0 fully saturated rings. The lowest BCUT2D eigenvalue weighted by Crippen LogP contribution is -2.10. The molecule has 2 aromatic heterocycles. The Labute approximate surface area is 142 Å². The first-order valence-electron chi connectivity index (χ1n) is 7.89. The maximum absolute atomic E-state index is 12.4. The molecule has 0 saturated heterocycles. The molecule has 0 unspecified atom stereocenters. The van der Waals surface area contributed by atoms with E-state index in [4.69, 9.17) is 13.6 Å². The Hall–Kier alpha value is -3.34. The van der Waals surface area contributed by atoms with Crippen molar-refractivity contribution in [2.75, 3.05) is 6.61 Å². The van der Waals surface area contributed by atoms with Crippen LogP contribution in [0.25, 0.3) is 33.3 Å². The van der Waals surface area contributed by atoms with E-state index in [0.717, 1.165) is 22.6 Å². The van der Waals surface area contributed by atoms with E-state index in [2.05, 4.69) is 0 Å². The van der Waals surface area contributed by atoms with Crippen LogP contribution < -0.4 is 5.43 Å². The number of esters is 1. The summed E-state index contributed by atoms with van der Waals surface area (Å²) in [4.78, 5) is 24.1. The average Bonchev–Trinajstić information content (AvgIpc) is 3.05. The van der Waals surface area contributed by atoms with Crippen molar-refractivity contribution < 1.29 is 18.4 Å². The van der Waals surface area contributed by atoms with Gasteiger partial charge in [0.2, 0.25) is 5.76 Å². The molecule has 0 aliphatic heterocycles. The third kappa shape index (κ3) is 2.70. The summed E-state index contributed by atoms with van der Waals surface area (Å²) in [5, 5.41) is 1.37. The van der Waals surface area contributed by atoms with Crippen molar-refractivity contribution >= 4 is 27.9 Å². The van der Waals surface area contributed by atoms with E-state index in [1.807, 2.05) is 30.3 Å². The van der Waals surface area contributed by atoms with Crippen molar-refractivity contribution in [1.29, 1.82) is 0 Å². The van der Waals surface area contributed by atoms with E-state index >= 15 is 0 Å². The van der Waals surface area contributed by atoms with Gasteiger partial charge < -0.3 is 13.6 Å². The van der Waals surface area contributed by atoms with Crippen LogP contribution in [0.2, 0.25) is 0 Å². The summed E-state index contributed by atoms with van der Waals surface area (Å²) in [6.45, 7) is 1.90. The highest BCUT2D eigenvalue weighted by molar-refractivity contribution is 5.90. The van der Waals surface area contributed by atoms with E-state index < -0.39 is 5.97 Å². The van der Waals surface area contributed by atoms with Crippen molar-refractivity contribution in [2.24, 2.45) is 0 Å². The first kappa shape index (κ1) is 15.2. The monoisotopic (exact) mass is 334 g/mol. The summed E-state index contributed by atoms with van der Waals surface area (Å²) in [5.74, 6) is -0.0873. The van der Waals surface area contributed by atoms with Gasteiger partial charge in [0.1, 0.15) is 16.9 Å². The predicted molar refractivity (Wildman–Crippen MR) is 93.6 cm³/mol. The summed E-state index contributed by atoms with van der Waals surface area (Å²) in [6.07, 6.45) is 0. The molecule has 2 aromatic carbocycles. The molecule has 5 heteroatoms. The lowest BCUT2D eigenvalue weighted by Gasteiger charge is -2.04. The SMILES string of the molecule is CCOC(=O)c1cc(=O)c2cc(-c3cc4ccccc4o3)ccc2o1. The highest BCUT2D eigenvalue weighted by Gasteiger charge is 2.14. The molecule has 5 nitrogen and oxygen atoms in total. The van der Waals surface area contributed by atoms with Crippen LogP contribution in [0.15, 0.2) is 68.2 Å². The number of fused-ring (bicyclic) bond motifs is 2. The molecule has 0 spiro atoms. The summed E-state index contributed by atoms with van der Waals surface area (Å²) >= 11 is 0. The average molecular weight is 334 g/mol. The Morgan fingerprint density at radius 1 is 1.00 bits per heavy atom. The van der Waals surface area contributed by atoms with Crippen molar-refractivity contribution in [3.05, 3.63) is 70.6 Å². The van der Waals surface area contributed by atoms with Gasteiger partial charge in [-0.05, 0) is 37.3 Å². The van der Waals surface area contributed by atoms with Crippen LogP contribution >= 0.6 is 0 Å². The molecular formula is C20H14O5. The zero-order valence-electron chi connectivity index (χ0n) is 13.4. The molecule has 0 N–H and O–H groups in total. The number of hydrogen-bond acceptors (Lipinski definition) is 5. The lowest BCUT2D eigenvalue weighted by molar-refractivity contribution is 0.0490. The number of rotatable bonds is 3. The fourth-order valence-electron chi connectivity index (χ4n) is 2.74. The first-order chi connectivity index (χ1) is 12.2. The highest BCUT2D eigenvalue weighted by atomic mass is 16.5. The zero-order valence-corrected chi connectivity index (χ0v) is 13.4. The summed E-state index contributed by atoms with van der Waals surface area (Å²) in [7, 11) is 0. The fraction of sp³-hybridized carbons (Fsp3) is 0.100. The van der Waals surface area contributed by atoms with E-state index in [1.54, 1.807) is 25.1 Å². The Kier molecular flexibility index (Phi) is 3.61. The number of furan rings is 1. The molecule has 2 heterocycles. The van der Waals surface area contributed by atoms with E-state index in [1.165, 1.54) is 0 Å². The Bertz CT molecular complexity index is 1120. The molecule has 124 valence electrons. The van der Waals surface area contributed by atoms with Crippen LogP contribution in [0.1, 0.15) is 17.5 Å². The molecule has 25 heavy (non-hydrogen) atoms. The minimum Gasteiger partial charge on any atom is -0.460 e. The molecule has 0 saturated carbocycles. The number of para-hydroxylation sites is 1. The molecule has 0 aliphatic carbocycles. The lowest BCUT2D eigenvalue weighted by atomic mass is 10.1. The van der Waals surface area contributed by atoms with Gasteiger partial charge in [0.05, 0.1) is 12.0 Å². The topological polar surface area (TPSA) is 69.7 Å². The quantitative estimate of drug-likeness (QED) is 0.520. The van der Waals surface area contributed by atoms with Gasteiger partial charge in [-0.15, -0.1) is 0 Å². The highest BCUT2D eigenvalue weighted by Crippen LogP contribution is 2.29. The Morgan fingerprint density at radius 3 is 2.64 bits per heavy atom. The summed E-state index contributed by atoms with van der Waals surface area (Å²) in [6, 6.07) is 15.9. The number of ether oxygens (including phenoxy) is 1. The smallest absolute Gasteiger partial charge is 0.374 e. The molecular weight excluding hydrogens is 320 g/mol. The second-order valence-corrected chi connectivity index (χ2v) is 5.55. The molecule has 0 radical (unpaired) electrons. The normalized spacial score (nSPS) is 11.1. The maximum Gasteiger partial charge on any atom is 0.374 e. The molecule has 4 aromatic rings. The van der Waals surface area contributed by atoms with Crippen LogP contribution in [-0.2, 0) is 4.74 Å². The first-order valence-corrected chi connectivity index (χ1v) is 7.89. The minimum absolute atomic E-state index is 0.101. The van der Waals surface area contributed by atoms with Crippen LogP contribution in [0.3, 0.4) is 0 Å². The zero-order chi connectivity index (χ0) is 17.4. The maximum atomic E-state index is 12.4. The van der Waals surface area contributed by atoms with Gasteiger partial charge >= 0.3 is 5.97 Å². The van der Waals surface area contributed by atoms with E-state index in [9.17, 15) is 9.59 Å². The molecule has 0 atom stereocenters. The van der Waals surface area contributed by atoms with Crippen LogP contribution in [0.4, 0.5) is 0 Å². The Balaban J connectivity index is 1.82. The fourth-order valence-corrected chi connectivity index (χ4v) is 2.74. The Morgan fingerprint density at radius 2 is 1.84 bits per heavy atom. The standard InChI is InChI=1S/C20H14O5/c1-2-23-20(22)19-11-15(21)14-9-13(7-8-17(14)25-19)18-10-12-5-3-4-6-16(12)24-18/h3-11H,2H2,1H3. The van der Waals surface area contributed by atoms with Gasteiger partial charge in [0.25, 0.3) is 0 Å². The van der Waals surface area contributed by atoms with Gasteiger partial charge in [0.15, 0.2) is 5.43 Å². The van der Waals surface area contributed by atoms with Gasteiger partial charge in [-0.2, -0.15) is 0 Å². The third-order valence-corrected chi connectivity index (χ3v) is 3.91. The van der Waals surface area contributed by atoms with E-state index in [-0.39, 0.29) is 17.8 Å². The van der Waals surface area contributed by atoms with Crippen molar-refractivity contribution in [3.63, 3.8) is 0 Å². The van der Waals surface area contributed by atoms with Gasteiger partial charge in [-0.25, -0.2) is 4.79 Å². The second kappa shape index (κ2) is 5.94. The molecule has 0 amide bonds. The number of hydrogen-bond donors (Lipinski definition) is 0. The number of carbonyl (C=O) groups is 1. The van der Waals surface area contributed by atoms with Crippen LogP contribution in [0.5, 0.6) is 0 Å². The van der Waals surface area contributed by atoms with Crippen LogP contribution in [-0.4, -0.2) is 12.6 Å². The molecule has 0 bridgehead atoms. The van der Waals surface area contributed by atoms with Gasteiger partial charge in [-0.3, -0.25) is 4.79 Å². The largest absolute Gasteiger partial charge is 0.460 e. The molecule has 4 rings (SSSR count). The van der Waals surface area contributed by atoms with Gasteiger partial charge in [-0.1, -0.05) is 18.2 Å². The predicted octanol–water partition coefficient (Wildman–Crippen LogP) is 4.38. The van der Waals surface area contributed by atoms with Gasteiger partial charge in [0, 0.05) is 17.0 Å². The summed E-state index contributed by atoms with van der Waals surface area (Å²) < 4.78 is 16.2. The third-order valence-electron chi connectivity index (χ3n) is 3.91. The molecule has 0 aliphatic rings.